The summed E-state index contributed by atoms with van der Waals surface area (Å²) in [4.78, 5) is 4.26. The Morgan fingerprint density at radius 2 is 2.20 bits per heavy atom. The number of allylic oxidation sites excluding steroid dienone is 1. The summed E-state index contributed by atoms with van der Waals surface area (Å²) in [6, 6.07) is 1.97. The summed E-state index contributed by atoms with van der Waals surface area (Å²) in [5.74, 6) is 2.24. The third-order valence-electron chi connectivity index (χ3n) is 3.73. The Balaban J connectivity index is 2.08. The summed E-state index contributed by atoms with van der Waals surface area (Å²) in [5.41, 5.74) is 1.04. The van der Waals surface area contributed by atoms with Crippen LogP contribution in [0.2, 0.25) is 0 Å². The van der Waals surface area contributed by atoms with Crippen LogP contribution in [-0.4, -0.2) is 30.4 Å². The van der Waals surface area contributed by atoms with Crippen LogP contribution in [0.25, 0.3) is 6.08 Å². The third kappa shape index (κ3) is 4.23. The van der Waals surface area contributed by atoms with E-state index >= 15 is 0 Å². The van der Waals surface area contributed by atoms with E-state index in [0.717, 1.165) is 17.1 Å². The van der Waals surface area contributed by atoms with Gasteiger partial charge in [0.15, 0.2) is 0 Å². The van der Waals surface area contributed by atoms with Gasteiger partial charge in [-0.2, -0.15) is 0 Å². The van der Waals surface area contributed by atoms with E-state index in [1.807, 2.05) is 6.07 Å². The number of hydrogen-bond donors (Lipinski definition) is 2. The molecule has 0 atom stereocenters. The van der Waals surface area contributed by atoms with Gasteiger partial charge < -0.3 is 15.2 Å². The molecule has 2 rings (SSSR count). The van der Waals surface area contributed by atoms with Gasteiger partial charge in [0, 0.05) is 12.1 Å². The van der Waals surface area contributed by atoms with Crippen LogP contribution in [0, 0.1) is 5.92 Å². The van der Waals surface area contributed by atoms with Crippen molar-refractivity contribution in [2.75, 3.05) is 25.6 Å². The number of pyridine rings is 1. The molecule has 1 aromatic heterocycles. The van der Waals surface area contributed by atoms with Crippen LogP contribution >= 0.6 is 0 Å². The molecule has 0 spiro atoms. The van der Waals surface area contributed by atoms with Crippen LogP contribution < -0.4 is 10.1 Å². The van der Waals surface area contributed by atoms with E-state index in [-0.39, 0.29) is 6.61 Å². The van der Waals surface area contributed by atoms with Crippen molar-refractivity contribution in [3.05, 3.63) is 23.9 Å². The van der Waals surface area contributed by atoms with E-state index in [0.29, 0.717) is 12.5 Å². The minimum Gasteiger partial charge on any atom is -0.495 e. The second kappa shape index (κ2) is 7.90. The maximum absolute atomic E-state index is 8.84. The SMILES string of the molecule is COc1cnc(NCCO)cc1/C=C/C1CCCCC1. The predicted octanol–water partition coefficient (Wildman–Crippen LogP) is 3.09. The van der Waals surface area contributed by atoms with Gasteiger partial charge in [-0.15, -0.1) is 0 Å². The molecule has 1 aliphatic carbocycles. The number of nitrogens with one attached hydrogen (secondary N) is 1. The second-order valence-corrected chi connectivity index (χ2v) is 5.22. The van der Waals surface area contributed by atoms with Crippen LogP contribution in [0.4, 0.5) is 5.82 Å². The number of aliphatic hydroxyl groups excluding tert-OH is 1. The number of nitrogens with zero attached hydrogens (tertiary/aromatic N) is 1. The van der Waals surface area contributed by atoms with Gasteiger partial charge >= 0.3 is 0 Å². The summed E-state index contributed by atoms with van der Waals surface area (Å²) in [6.07, 6.45) is 12.8. The lowest BCUT2D eigenvalue weighted by Gasteiger charge is -2.18. The Labute approximate surface area is 120 Å². The lowest BCUT2D eigenvalue weighted by atomic mass is 9.89. The van der Waals surface area contributed by atoms with Gasteiger partial charge in [-0.05, 0) is 24.8 Å². The van der Waals surface area contributed by atoms with Crippen molar-refractivity contribution in [2.24, 2.45) is 5.92 Å². The topological polar surface area (TPSA) is 54.4 Å². The average Bonchev–Trinajstić information content (AvgIpc) is 2.52. The quantitative estimate of drug-likeness (QED) is 0.838. The van der Waals surface area contributed by atoms with Crippen LogP contribution in [0.3, 0.4) is 0 Å². The summed E-state index contributed by atoms with van der Waals surface area (Å²) in [5, 5.41) is 11.9. The van der Waals surface area contributed by atoms with Gasteiger partial charge in [-0.3, -0.25) is 0 Å². The van der Waals surface area contributed by atoms with Crippen molar-refractivity contribution >= 4 is 11.9 Å². The molecule has 0 amide bonds. The molecule has 4 nitrogen and oxygen atoms in total. The minimum absolute atomic E-state index is 0.0982. The van der Waals surface area contributed by atoms with E-state index in [2.05, 4.69) is 22.5 Å². The van der Waals surface area contributed by atoms with Crippen LogP contribution in [0.5, 0.6) is 5.75 Å². The van der Waals surface area contributed by atoms with Crippen molar-refractivity contribution in [3.63, 3.8) is 0 Å². The molecule has 20 heavy (non-hydrogen) atoms. The molecule has 4 heteroatoms. The highest BCUT2D eigenvalue weighted by Gasteiger charge is 2.10. The van der Waals surface area contributed by atoms with Gasteiger partial charge in [0.1, 0.15) is 11.6 Å². The molecule has 0 bridgehead atoms. The lowest BCUT2D eigenvalue weighted by molar-refractivity contribution is 0.311. The number of rotatable bonds is 6. The first kappa shape index (κ1) is 14.9. The van der Waals surface area contributed by atoms with E-state index in [4.69, 9.17) is 9.84 Å². The number of aliphatic hydroxyl groups is 1. The minimum atomic E-state index is 0.0982. The fraction of sp³-hybridized carbons (Fsp3) is 0.562. The highest BCUT2D eigenvalue weighted by molar-refractivity contribution is 5.61. The number of aromatic nitrogens is 1. The Morgan fingerprint density at radius 3 is 2.90 bits per heavy atom. The van der Waals surface area contributed by atoms with E-state index in [1.165, 1.54) is 32.1 Å². The fourth-order valence-corrected chi connectivity index (χ4v) is 2.61. The van der Waals surface area contributed by atoms with E-state index in [9.17, 15) is 0 Å². The second-order valence-electron chi connectivity index (χ2n) is 5.22. The first-order valence-corrected chi connectivity index (χ1v) is 7.40. The average molecular weight is 276 g/mol. The Hall–Kier alpha value is -1.55. The Kier molecular flexibility index (Phi) is 5.87. The Bertz CT molecular complexity index is 440. The monoisotopic (exact) mass is 276 g/mol. The summed E-state index contributed by atoms with van der Waals surface area (Å²) in [6.45, 7) is 0.603. The molecular weight excluding hydrogens is 252 g/mol. The van der Waals surface area contributed by atoms with Crippen LogP contribution in [0.1, 0.15) is 37.7 Å². The van der Waals surface area contributed by atoms with Gasteiger partial charge in [-0.1, -0.05) is 31.4 Å². The largest absolute Gasteiger partial charge is 0.495 e. The fourth-order valence-electron chi connectivity index (χ4n) is 2.61. The number of ether oxygens (including phenoxy) is 1. The summed E-state index contributed by atoms with van der Waals surface area (Å²) < 4.78 is 5.35. The van der Waals surface area contributed by atoms with Crippen LogP contribution in [0.15, 0.2) is 18.3 Å². The maximum atomic E-state index is 8.84. The highest BCUT2D eigenvalue weighted by Crippen LogP contribution is 2.27. The zero-order chi connectivity index (χ0) is 14.2. The predicted molar refractivity (Wildman–Crippen MR) is 82.0 cm³/mol. The molecule has 2 N–H and O–H groups in total. The van der Waals surface area contributed by atoms with Gasteiger partial charge in [-0.25, -0.2) is 4.98 Å². The first-order valence-electron chi connectivity index (χ1n) is 7.40. The molecule has 0 radical (unpaired) electrons. The van der Waals surface area contributed by atoms with Crippen molar-refractivity contribution in [2.45, 2.75) is 32.1 Å². The lowest BCUT2D eigenvalue weighted by Crippen LogP contribution is -2.07. The summed E-state index contributed by atoms with van der Waals surface area (Å²) >= 11 is 0. The van der Waals surface area contributed by atoms with Crippen molar-refractivity contribution in [3.8, 4) is 5.75 Å². The number of anilines is 1. The van der Waals surface area contributed by atoms with E-state index in [1.54, 1.807) is 13.3 Å². The third-order valence-corrected chi connectivity index (χ3v) is 3.73. The molecule has 0 saturated heterocycles. The number of methoxy groups -OCH3 is 1. The molecule has 1 heterocycles. The standard InChI is InChI=1S/C16H24N2O2/c1-20-15-12-18-16(17-9-10-19)11-14(15)8-7-13-5-3-2-4-6-13/h7-8,11-13,19H,2-6,9-10H2,1H3,(H,17,18)/b8-7+. The van der Waals surface area contributed by atoms with Crippen molar-refractivity contribution in [1.82, 2.24) is 4.98 Å². The maximum Gasteiger partial charge on any atom is 0.144 e. The molecule has 0 aliphatic heterocycles. The molecule has 0 aromatic carbocycles. The smallest absolute Gasteiger partial charge is 0.144 e. The first-order chi connectivity index (χ1) is 9.83. The van der Waals surface area contributed by atoms with Gasteiger partial charge in [0.05, 0.1) is 19.9 Å². The van der Waals surface area contributed by atoms with E-state index < -0.39 is 0 Å². The molecule has 0 unspecified atom stereocenters. The molecule has 1 aromatic rings. The highest BCUT2D eigenvalue weighted by atomic mass is 16.5. The normalized spacial score (nSPS) is 16.5. The van der Waals surface area contributed by atoms with Crippen LogP contribution in [-0.2, 0) is 0 Å². The Morgan fingerprint density at radius 1 is 1.40 bits per heavy atom. The molecule has 110 valence electrons. The zero-order valence-corrected chi connectivity index (χ0v) is 12.1. The van der Waals surface area contributed by atoms with Crippen molar-refractivity contribution in [1.29, 1.82) is 0 Å². The van der Waals surface area contributed by atoms with Crippen molar-refractivity contribution < 1.29 is 9.84 Å². The summed E-state index contributed by atoms with van der Waals surface area (Å²) in [7, 11) is 1.66. The zero-order valence-electron chi connectivity index (χ0n) is 12.1. The molecule has 1 aliphatic rings. The van der Waals surface area contributed by atoms with Gasteiger partial charge in [0.2, 0.25) is 0 Å². The molecular formula is C16H24N2O2. The molecule has 1 saturated carbocycles. The van der Waals surface area contributed by atoms with Gasteiger partial charge in [0.25, 0.3) is 0 Å². The number of hydrogen-bond acceptors (Lipinski definition) is 4. The molecule has 1 fully saturated rings.